The number of isocyanates is 1. The van der Waals surface area contributed by atoms with Gasteiger partial charge in [-0.1, -0.05) is 54.5 Å². The quantitative estimate of drug-likeness (QED) is 0.315. The largest absolute Gasteiger partial charge is 0.299 e. The topological polar surface area (TPSA) is 87.4 Å². The van der Waals surface area contributed by atoms with E-state index in [0.29, 0.717) is 12.2 Å². The summed E-state index contributed by atoms with van der Waals surface area (Å²) in [5.74, 6) is 0.370. The van der Waals surface area contributed by atoms with Crippen LogP contribution in [0.5, 0.6) is 0 Å². The van der Waals surface area contributed by atoms with Crippen LogP contribution >= 0.6 is 0 Å². The summed E-state index contributed by atoms with van der Waals surface area (Å²) in [5, 5.41) is 9.86. The summed E-state index contributed by atoms with van der Waals surface area (Å²) in [5.41, 5.74) is -1.42. The molecular weight excluding hydrogens is 448 g/mol. The first kappa shape index (κ1) is 25.6. The maximum Gasteiger partial charge on any atom is 0.235 e. The van der Waals surface area contributed by atoms with E-state index in [4.69, 9.17) is 0 Å². The summed E-state index contributed by atoms with van der Waals surface area (Å²) < 4.78 is 0. The van der Waals surface area contributed by atoms with Crippen molar-refractivity contribution < 1.29 is 14.4 Å². The molecule has 0 amide bonds. The molecule has 0 aliphatic heterocycles. The van der Waals surface area contributed by atoms with Gasteiger partial charge in [0.15, 0.2) is 5.78 Å². The Morgan fingerprint density at radius 2 is 1.58 bits per heavy atom. The van der Waals surface area contributed by atoms with E-state index >= 15 is 0 Å². The van der Waals surface area contributed by atoms with Crippen molar-refractivity contribution in [2.24, 2.45) is 55.7 Å². The highest BCUT2D eigenvalue weighted by molar-refractivity contribution is 6.04. The third-order valence-corrected chi connectivity index (χ3v) is 12.7. The molecule has 3 unspecified atom stereocenters. The minimum atomic E-state index is -0.621. The molecule has 8 atom stereocenters. The predicted octanol–water partition coefficient (Wildman–Crippen LogP) is 6.37. The van der Waals surface area contributed by atoms with E-state index in [9.17, 15) is 19.6 Å². The Balaban J connectivity index is 1.65. The van der Waals surface area contributed by atoms with E-state index in [-0.39, 0.29) is 56.7 Å². The van der Waals surface area contributed by atoms with Crippen molar-refractivity contribution in [2.75, 3.05) is 0 Å². The van der Waals surface area contributed by atoms with Gasteiger partial charge in [-0.2, -0.15) is 10.3 Å². The maximum absolute atomic E-state index is 14.3. The van der Waals surface area contributed by atoms with Gasteiger partial charge in [-0.05, 0) is 84.4 Å². The third kappa shape index (κ3) is 3.00. The van der Waals surface area contributed by atoms with Crippen LogP contribution < -0.4 is 0 Å². The van der Waals surface area contributed by atoms with Crippen molar-refractivity contribution >= 4 is 17.6 Å². The first-order valence-corrected chi connectivity index (χ1v) is 13.9. The van der Waals surface area contributed by atoms with E-state index in [0.717, 1.165) is 44.9 Å². The fourth-order valence-corrected chi connectivity index (χ4v) is 10.6. The lowest BCUT2D eigenvalue weighted by molar-refractivity contribution is -0.212. The Bertz CT molecular complexity index is 1150. The van der Waals surface area contributed by atoms with Crippen LogP contribution in [-0.4, -0.2) is 23.2 Å². The number of rotatable bonds is 1. The number of carbonyl (C=O) groups excluding carboxylic acids is 3. The second-order valence-corrected chi connectivity index (χ2v) is 15.0. The van der Waals surface area contributed by atoms with Gasteiger partial charge in [0.05, 0.1) is 11.1 Å². The molecule has 0 N–H and O–H groups in total. The van der Waals surface area contributed by atoms with Crippen LogP contribution in [0.1, 0.15) is 99.8 Å². The molecule has 5 nitrogen and oxygen atoms in total. The molecule has 0 spiro atoms. The molecule has 0 heterocycles. The Hall–Kier alpha value is -2.05. The number of carbonyl (C=O) groups is 2. The van der Waals surface area contributed by atoms with Crippen LogP contribution in [0.3, 0.4) is 0 Å². The molecule has 36 heavy (non-hydrogen) atoms. The van der Waals surface area contributed by atoms with Crippen molar-refractivity contribution in [1.82, 2.24) is 0 Å². The highest BCUT2D eigenvalue weighted by Gasteiger charge is 2.72. The minimum Gasteiger partial charge on any atom is -0.299 e. The normalized spacial score (nSPS) is 48.7. The Morgan fingerprint density at radius 3 is 2.22 bits per heavy atom. The summed E-state index contributed by atoms with van der Waals surface area (Å²) in [6.07, 6.45) is 10.7. The number of aliphatic imine (C=N–C) groups is 1. The van der Waals surface area contributed by atoms with Gasteiger partial charge in [0.2, 0.25) is 6.08 Å². The fourth-order valence-electron chi connectivity index (χ4n) is 10.6. The van der Waals surface area contributed by atoms with Gasteiger partial charge in [0, 0.05) is 17.8 Å². The van der Waals surface area contributed by atoms with Crippen LogP contribution in [0, 0.1) is 62.1 Å². The van der Waals surface area contributed by atoms with Crippen LogP contribution in [0.15, 0.2) is 16.6 Å². The zero-order valence-corrected chi connectivity index (χ0v) is 23.2. The maximum atomic E-state index is 14.3. The number of hydrogen-bond acceptors (Lipinski definition) is 5. The van der Waals surface area contributed by atoms with Crippen molar-refractivity contribution in [3.05, 3.63) is 11.6 Å². The Labute approximate surface area is 216 Å². The van der Waals surface area contributed by atoms with Crippen molar-refractivity contribution in [3.63, 3.8) is 0 Å². The van der Waals surface area contributed by atoms with E-state index in [1.807, 2.05) is 26.0 Å². The molecule has 4 saturated carbocycles. The molecular formula is C31H42N2O3. The zero-order chi connectivity index (χ0) is 26.5. The fraction of sp³-hybridized carbons (Fsp3) is 0.806. The van der Waals surface area contributed by atoms with Crippen molar-refractivity contribution in [2.45, 2.75) is 105 Å². The molecule has 0 aromatic carbocycles. The van der Waals surface area contributed by atoms with E-state index in [1.54, 1.807) is 0 Å². The predicted molar refractivity (Wildman–Crippen MR) is 137 cm³/mol. The van der Waals surface area contributed by atoms with Gasteiger partial charge in [-0.25, -0.2) is 4.79 Å². The summed E-state index contributed by atoms with van der Waals surface area (Å²) in [4.78, 5) is 43.6. The summed E-state index contributed by atoms with van der Waals surface area (Å²) in [7, 11) is 0. The van der Waals surface area contributed by atoms with Gasteiger partial charge in [-0.15, -0.1) is 0 Å². The van der Waals surface area contributed by atoms with Gasteiger partial charge in [0.25, 0.3) is 0 Å². The lowest BCUT2D eigenvalue weighted by Gasteiger charge is -2.71. The highest BCUT2D eigenvalue weighted by atomic mass is 16.1. The second-order valence-electron chi connectivity index (χ2n) is 15.0. The van der Waals surface area contributed by atoms with Crippen molar-refractivity contribution in [3.8, 4) is 6.07 Å². The first-order chi connectivity index (χ1) is 16.6. The van der Waals surface area contributed by atoms with Crippen molar-refractivity contribution in [1.29, 1.82) is 5.26 Å². The van der Waals surface area contributed by atoms with Gasteiger partial charge >= 0.3 is 0 Å². The number of nitrogens with zero attached hydrogens (tertiary/aromatic N) is 2. The average molecular weight is 491 g/mol. The SMILES string of the molecule is CC1(C)CC[C@]2(N=C=O)CC[C@]3(C)C(C(=O)CC4[C@@]5(C)C=C(C#N)C(=O)C(C)(C)[C@@H]5CC[C@]43C)C2C1. The molecule has 194 valence electrons. The second kappa shape index (κ2) is 7.50. The molecule has 5 heteroatoms. The molecule has 4 fully saturated rings. The number of nitriles is 1. The van der Waals surface area contributed by atoms with Gasteiger partial charge in [0.1, 0.15) is 11.9 Å². The van der Waals surface area contributed by atoms with Gasteiger partial charge < -0.3 is 0 Å². The molecule has 0 radical (unpaired) electrons. The summed E-state index contributed by atoms with van der Waals surface area (Å²) in [6, 6.07) is 2.20. The average Bonchev–Trinajstić information content (AvgIpc) is 2.79. The standard InChI is InChI=1S/C31H42N2O3/c1-26(2)10-12-31(33-18-34)13-11-30(7)24(20(31)16-26)21(35)14-23-28(5)15-19(17-32)25(36)27(3,4)22(28)8-9-29(23,30)6/h15,20,22-24H,8-14,16H2,1-7H3/t20?,22-,23?,24?,28-,29+,30+,31-/m0/s1. The van der Waals surface area contributed by atoms with Crippen LogP contribution in [-0.2, 0) is 14.4 Å². The van der Waals surface area contributed by atoms with Crippen LogP contribution in [0.25, 0.3) is 0 Å². The van der Waals surface area contributed by atoms with Crippen LogP contribution in [0.2, 0.25) is 0 Å². The highest BCUT2D eigenvalue weighted by Crippen LogP contribution is 2.75. The number of allylic oxidation sites excluding steroid dienone is 2. The minimum absolute atomic E-state index is 0.0547. The molecule has 5 aliphatic carbocycles. The summed E-state index contributed by atoms with van der Waals surface area (Å²) >= 11 is 0. The Morgan fingerprint density at radius 1 is 0.917 bits per heavy atom. The molecule has 5 aliphatic rings. The summed E-state index contributed by atoms with van der Waals surface area (Å²) in [6.45, 7) is 15.5. The number of hydrogen-bond donors (Lipinski definition) is 0. The van der Waals surface area contributed by atoms with E-state index < -0.39 is 11.0 Å². The monoisotopic (exact) mass is 490 g/mol. The third-order valence-electron chi connectivity index (χ3n) is 12.7. The van der Waals surface area contributed by atoms with Crippen LogP contribution in [0.4, 0.5) is 0 Å². The van der Waals surface area contributed by atoms with E-state index in [1.165, 1.54) is 0 Å². The lowest BCUT2D eigenvalue weighted by Crippen LogP contribution is -2.69. The first-order valence-electron chi connectivity index (χ1n) is 13.9. The number of Topliss-reactive ketones (excluding diaryl/α,β-unsaturated/α-hetero) is 2. The molecule has 0 saturated heterocycles. The smallest absolute Gasteiger partial charge is 0.235 e. The molecule has 5 rings (SSSR count). The molecule has 0 aromatic rings. The lowest BCUT2D eigenvalue weighted by atomic mass is 9.32. The Kier molecular flexibility index (Phi) is 5.33. The number of ketones is 2. The van der Waals surface area contributed by atoms with E-state index in [2.05, 4.69) is 45.7 Å². The van der Waals surface area contributed by atoms with Gasteiger partial charge in [-0.3, -0.25) is 9.59 Å². The molecule has 0 aromatic heterocycles. The molecule has 0 bridgehead atoms. The zero-order valence-electron chi connectivity index (χ0n) is 23.2. The number of fused-ring (bicyclic) bond motifs is 7.